The van der Waals surface area contributed by atoms with Gasteiger partial charge in [0, 0.05) is 0 Å². The van der Waals surface area contributed by atoms with Gasteiger partial charge in [0.1, 0.15) is 0 Å². The van der Waals surface area contributed by atoms with E-state index in [1.165, 1.54) is 55.9 Å². The van der Waals surface area contributed by atoms with Gasteiger partial charge in [-0.3, -0.25) is 0 Å². The zero-order valence-electron chi connectivity index (χ0n) is 9.40. The van der Waals surface area contributed by atoms with Crippen molar-refractivity contribution in [1.29, 1.82) is 0 Å². The fourth-order valence-electron chi connectivity index (χ4n) is 1.97. The van der Waals surface area contributed by atoms with Gasteiger partial charge in [0.05, 0.1) is 0 Å². The number of allylic oxidation sites excluding steroid dienone is 9. The van der Waals surface area contributed by atoms with E-state index in [4.69, 9.17) is 0 Å². The van der Waals surface area contributed by atoms with Crippen LogP contribution in [0.25, 0.3) is 0 Å². The van der Waals surface area contributed by atoms with Crippen LogP contribution in [0.4, 0.5) is 0 Å². The number of halogens is 2. The molecule has 0 radical (unpaired) electrons. The van der Waals surface area contributed by atoms with Gasteiger partial charge >= 0.3 is 101 Å². The molecule has 0 aliphatic heterocycles. The number of hydrogen-bond acceptors (Lipinski definition) is 0. The maximum Gasteiger partial charge on any atom is -1.00 e. The molecule has 0 N–H and O–H groups in total. The normalized spacial score (nSPS) is 18.8. The molecule has 0 nitrogen and oxygen atoms in total. The second kappa shape index (κ2) is 6.19. The second-order valence-electron chi connectivity index (χ2n) is 3.80. The summed E-state index contributed by atoms with van der Waals surface area (Å²) < 4.78 is 1.45. The molecular formula is C13H13Cl2Zr. The van der Waals surface area contributed by atoms with Crippen molar-refractivity contribution in [2.45, 2.75) is 20.3 Å². The summed E-state index contributed by atoms with van der Waals surface area (Å²) in [5.74, 6) is 0. The van der Waals surface area contributed by atoms with Crippen molar-refractivity contribution in [3.63, 3.8) is 0 Å². The predicted octanol–water partition coefficient (Wildman–Crippen LogP) is -2.41. The van der Waals surface area contributed by atoms with Crippen molar-refractivity contribution in [2.75, 3.05) is 0 Å². The molecule has 0 amide bonds. The first-order valence-electron chi connectivity index (χ1n) is 4.82. The Labute approximate surface area is 125 Å². The minimum Gasteiger partial charge on any atom is -1.00 e. The Hall–Kier alpha value is 0.163. The summed E-state index contributed by atoms with van der Waals surface area (Å²) in [5.41, 5.74) is 6.99. The fraction of sp³-hybridized carbons (Fsp3) is 0.231. The minimum atomic E-state index is 0. The van der Waals surface area contributed by atoms with Crippen molar-refractivity contribution >= 4 is 0 Å². The smallest absolute Gasteiger partial charge is 1.00 e. The van der Waals surface area contributed by atoms with Crippen LogP contribution >= 0.6 is 0 Å². The SMILES string of the molecule is C=C1C(C)=C(C)C(C2=CC=CC2)=[C]1[Zr+2].[Cl-].[Cl-]. The molecule has 0 aromatic rings. The average Bonchev–Trinajstić information content (AvgIpc) is 2.73. The average molecular weight is 331 g/mol. The summed E-state index contributed by atoms with van der Waals surface area (Å²) in [6.45, 7) is 8.54. The summed E-state index contributed by atoms with van der Waals surface area (Å²) in [6, 6.07) is 0. The third-order valence-corrected chi connectivity index (χ3v) is 4.39. The molecule has 16 heavy (non-hydrogen) atoms. The molecule has 0 aromatic heterocycles. The van der Waals surface area contributed by atoms with Crippen LogP contribution in [-0.2, 0) is 24.7 Å². The molecule has 0 bridgehead atoms. The topological polar surface area (TPSA) is 0 Å². The largest absolute Gasteiger partial charge is 1.00 e. The maximum atomic E-state index is 4.15. The van der Waals surface area contributed by atoms with E-state index >= 15 is 0 Å². The van der Waals surface area contributed by atoms with E-state index in [1.807, 2.05) is 0 Å². The quantitative estimate of drug-likeness (QED) is 0.502. The fourth-order valence-corrected chi connectivity index (χ4v) is 3.29. The van der Waals surface area contributed by atoms with E-state index in [1.54, 1.807) is 0 Å². The van der Waals surface area contributed by atoms with Crippen molar-refractivity contribution in [3.05, 3.63) is 56.0 Å². The van der Waals surface area contributed by atoms with Crippen LogP contribution in [0.2, 0.25) is 0 Å². The summed E-state index contributed by atoms with van der Waals surface area (Å²) in [7, 11) is 0. The van der Waals surface area contributed by atoms with Gasteiger partial charge in [-0.25, -0.2) is 0 Å². The number of hydrogen-bond donors (Lipinski definition) is 0. The number of rotatable bonds is 1. The van der Waals surface area contributed by atoms with E-state index < -0.39 is 0 Å². The van der Waals surface area contributed by atoms with Crippen LogP contribution in [0, 0.1) is 0 Å². The monoisotopic (exact) mass is 329 g/mol. The minimum absolute atomic E-state index is 0. The molecule has 0 fully saturated rings. The predicted molar refractivity (Wildman–Crippen MR) is 56.4 cm³/mol. The van der Waals surface area contributed by atoms with Gasteiger partial charge in [-0.05, 0) is 0 Å². The van der Waals surface area contributed by atoms with Gasteiger partial charge in [0.2, 0.25) is 0 Å². The van der Waals surface area contributed by atoms with E-state index in [2.05, 4.69) is 38.7 Å². The molecule has 0 unspecified atom stereocenters. The summed E-state index contributed by atoms with van der Waals surface area (Å²) in [6.07, 6.45) is 7.69. The molecule has 0 spiro atoms. The second-order valence-corrected chi connectivity index (χ2v) is 5.03. The van der Waals surface area contributed by atoms with E-state index in [-0.39, 0.29) is 24.8 Å². The van der Waals surface area contributed by atoms with E-state index in [0.717, 1.165) is 6.42 Å². The molecule has 0 atom stereocenters. The molecule has 2 aliphatic carbocycles. The van der Waals surface area contributed by atoms with Crippen molar-refractivity contribution < 1.29 is 49.5 Å². The van der Waals surface area contributed by atoms with E-state index in [0.29, 0.717) is 0 Å². The van der Waals surface area contributed by atoms with Crippen molar-refractivity contribution in [1.82, 2.24) is 0 Å². The molecule has 0 saturated carbocycles. The first-order chi connectivity index (χ1) is 6.63. The molecule has 0 heterocycles. The van der Waals surface area contributed by atoms with Gasteiger partial charge in [0.25, 0.3) is 0 Å². The summed E-state index contributed by atoms with van der Waals surface area (Å²) >= 11 is 1.48. The van der Waals surface area contributed by atoms with Crippen LogP contribution in [0.15, 0.2) is 56.0 Å². The van der Waals surface area contributed by atoms with Crippen LogP contribution in [-0.4, -0.2) is 0 Å². The van der Waals surface area contributed by atoms with Crippen molar-refractivity contribution in [2.24, 2.45) is 0 Å². The Morgan fingerprint density at radius 2 is 1.81 bits per heavy atom. The molecule has 3 heteroatoms. The third kappa shape index (κ3) is 2.53. The van der Waals surface area contributed by atoms with Crippen molar-refractivity contribution in [3.8, 4) is 0 Å². The molecule has 0 aromatic carbocycles. The van der Waals surface area contributed by atoms with Gasteiger partial charge in [-0.1, -0.05) is 0 Å². The third-order valence-electron chi connectivity index (χ3n) is 3.03. The molecule has 2 rings (SSSR count). The van der Waals surface area contributed by atoms with Crippen LogP contribution in [0.1, 0.15) is 20.3 Å². The van der Waals surface area contributed by atoms with Crippen LogP contribution in [0.5, 0.6) is 0 Å². The summed E-state index contributed by atoms with van der Waals surface area (Å²) in [4.78, 5) is 0. The van der Waals surface area contributed by atoms with Gasteiger partial charge in [-0.15, -0.1) is 0 Å². The van der Waals surface area contributed by atoms with Gasteiger partial charge in [0.15, 0.2) is 0 Å². The molecule has 83 valence electrons. The Morgan fingerprint density at radius 3 is 2.19 bits per heavy atom. The zero-order chi connectivity index (χ0) is 10.3. The molecule has 2 aliphatic rings. The zero-order valence-corrected chi connectivity index (χ0v) is 13.4. The molecule has 0 saturated heterocycles. The Balaban J connectivity index is 0.00000112. The first-order valence-corrected chi connectivity index (χ1v) is 6.05. The van der Waals surface area contributed by atoms with Crippen LogP contribution < -0.4 is 24.8 Å². The Morgan fingerprint density at radius 1 is 1.19 bits per heavy atom. The Bertz CT molecular complexity index is 437. The standard InChI is InChI=1S/C13H13.2ClH.Zr/c1-9-8-13(11(3)10(9)2)12-6-4-5-7-12;;;/h4-6H,1,7H2,2-3H3;2*1H;/q;;;+2/p-2. The first kappa shape index (κ1) is 16.2. The van der Waals surface area contributed by atoms with E-state index in [9.17, 15) is 0 Å². The Kier molecular flexibility index (Phi) is 6.26. The maximum absolute atomic E-state index is 4.15. The van der Waals surface area contributed by atoms with Gasteiger partial charge < -0.3 is 24.8 Å². The van der Waals surface area contributed by atoms with Gasteiger partial charge in [-0.2, -0.15) is 0 Å². The molecular weight excluding hydrogens is 318 g/mol. The summed E-state index contributed by atoms with van der Waals surface area (Å²) in [5, 5.41) is 0. The van der Waals surface area contributed by atoms with Crippen LogP contribution in [0.3, 0.4) is 0 Å².